The second-order valence-electron chi connectivity index (χ2n) is 4.50. The van der Waals surface area contributed by atoms with Crippen LogP contribution in [0.25, 0.3) is 0 Å². The Morgan fingerprint density at radius 2 is 2.25 bits per heavy atom. The first kappa shape index (κ1) is 16.8. The minimum Gasteiger partial charge on any atom is -0.486 e. The van der Waals surface area contributed by atoms with Gasteiger partial charge in [0.15, 0.2) is 0 Å². The molecule has 6 heteroatoms. The second-order valence-corrected chi connectivity index (χ2v) is 4.50. The molecule has 1 atom stereocenters. The highest BCUT2D eigenvalue weighted by Gasteiger charge is 2.18. The van der Waals surface area contributed by atoms with Gasteiger partial charge in [0.2, 0.25) is 5.91 Å². The molecule has 1 aromatic rings. The third-order valence-electron chi connectivity index (χ3n) is 2.94. The van der Waals surface area contributed by atoms with Crippen LogP contribution in [-0.4, -0.2) is 38.8 Å². The van der Waals surface area contributed by atoms with E-state index in [1.165, 1.54) is 0 Å². The Bertz CT molecular complexity index is 423. The van der Waals surface area contributed by atoms with Crippen LogP contribution in [0, 0.1) is 0 Å². The number of carbonyl (C=O) groups excluding carboxylic acids is 1. The van der Waals surface area contributed by atoms with Crippen molar-refractivity contribution in [3.05, 3.63) is 24.3 Å². The molecule has 0 saturated carbocycles. The summed E-state index contributed by atoms with van der Waals surface area (Å²) in [6.07, 6.45) is 1.41. The van der Waals surface area contributed by atoms with Crippen molar-refractivity contribution in [3.8, 4) is 5.75 Å². The summed E-state index contributed by atoms with van der Waals surface area (Å²) in [7, 11) is 1.82. The van der Waals surface area contributed by atoms with Crippen LogP contribution in [-0.2, 0) is 9.53 Å². The van der Waals surface area contributed by atoms with Gasteiger partial charge in [0.05, 0.1) is 18.9 Å². The molecule has 1 amide bonds. The molecule has 20 heavy (non-hydrogen) atoms. The predicted octanol–water partition coefficient (Wildman–Crippen LogP) is 1.82. The van der Waals surface area contributed by atoms with E-state index in [0.29, 0.717) is 25.3 Å². The average molecular weight is 301 g/mol. The van der Waals surface area contributed by atoms with Crippen molar-refractivity contribution in [2.45, 2.75) is 18.9 Å². The summed E-state index contributed by atoms with van der Waals surface area (Å²) in [5, 5.41) is 5.82. The number of carbonyl (C=O) groups is 1. The zero-order valence-electron chi connectivity index (χ0n) is 11.6. The molecule has 1 unspecified atom stereocenters. The molecular formula is C14H21ClN2O3. The quantitative estimate of drug-likeness (QED) is 0.841. The Hall–Kier alpha value is -1.30. The molecule has 1 aliphatic rings. The van der Waals surface area contributed by atoms with Crippen LogP contribution in [0.15, 0.2) is 24.3 Å². The van der Waals surface area contributed by atoms with E-state index in [1.54, 1.807) is 0 Å². The molecule has 5 nitrogen and oxygen atoms in total. The van der Waals surface area contributed by atoms with Crippen molar-refractivity contribution < 1.29 is 14.3 Å². The summed E-state index contributed by atoms with van der Waals surface area (Å²) in [6.45, 7) is 2.01. The molecular weight excluding hydrogens is 280 g/mol. The summed E-state index contributed by atoms with van der Waals surface area (Å²) in [5.41, 5.74) is 0.718. The third-order valence-corrected chi connectivity index (χ3v) is 2.94. The van der Waals surface area contributed by atoms with Gasteiger partial charge in [0.1, 0.15) is 11.9 Å². The number of hydrogen-bond donors (Lipinski definition) is 2. The van der Waals surface area contributed by atoms with E-state index in [2.05, 4.69) is 10.6 Å². The number of para-hydroxylation sites is 2. The molecule has 112 valence electrons. The van der Waals surface area contributed by atoms with Crippen LogP contribution >= 0.6 is 12.4 Å². The van der Waals surface area contributed by atoms with Crippen molar-refractivity contribution in [3.63, 3.8) is 0 Å². The molecule has 1 heterocycles. The number of nitrogens with one attached hydrogen (secondary N) is 2. The van der Waals surface area contributed by atoms with E-state index in [4.69, 9.17) is 9.47 Å². The molecule has 2 rings (SSSR count). The minimum absolute atomic E-state index is 0. The van der Waals surface area contributed by atoms with E-state index >= 15 is 0 Å². The Labute approximate surface area is 125 Å². The van der Waals surface area contributed by atoms with Crippen molar-refractivity contribution >= 4 is 24.0 Å². The van der Waals surface area contributed by atoms with Crippen LogP contribution < -0.4 is 15.4 Å². The lowest BCUT2D eigenvalue weighted by Gasteiger charge is -2.16. The average Bonchev–Trinajstić information content (AvgIpc) is 2.91. The molecule has 0 bridgehead atoms. The first-order chi connectivity index (χ1) is 9.29. The van der Waals surface area contributed by atoms with Crippen molar-refractivity contribution in [1.82, 2.24) is 5.32 Å². The summed E-state index contributed by atoms with van der Waals surface area (Å²) in [4.78, 5) is 11.7. The Morgan fingerprint density at radius 1 is 1.45 bits per heavy atom. The first-order valence-corrected chi connectivity index (χ1v) is 6.57. The van der Waals surface area contributed by atoms with Crippen LogP contribution in [0.5, 0.6) is 5.75 Å². The predicted molar refractivity (Wildman–Crippen MR) is 80.7 cm³/mol. The Morgan fingerprint density at radius 3 is 2.95 bits per heavy atom. The van der Waals surface area contributed by atoms with E-state index < -0.39 is 0 Å². The molecule has 1 aliphatic heterocycles. The van der Waals surface area contributed by atoms with Gasteiger partial charge in [0.25, 0.3) is 0 Å². The van der Waals surface area contributed by atoms with E-state index in [-0.39, 0.29) is 24.4 Å². The normalized spacial score (nSPS) is 17.4. The van der Waals surface area contributed by atoms with Crippen molar-refractivity contribution in [1.29, 1.82) is 0 Å². The lowest BCUT2D eigenvalue weighted by atomic mass is 10.2. The maximum atomic E-state index is 11.7. The number of rotatable bonds is 6. The van der Waals surface area contributed by atoms with Gasteiger partial charge >= 0.3 is 0 Å². The van der Waals surface area contributed by atoms with Gasteiger partial charge in [-0.2, -0.15) is 0 Å². The third kappa shape index (κ3) is 5.00. The lowest BCUT2D eigenvalue weighted by Crippen LogP contribution is -2.20. The van der Waals surface area contributed by atoms with Crippen LogP contribution in [0.4, 0.5) is 5.69 Å². The van der Waals surface area contributed by atoms with Gasteiger partial charge in [0, 0.05) is 19.4 Å². The molecule has 0 aliphatic carbocycles. The molecule has 0 radical (unpaired) electrons. The fraction of sp³-hybridized carbons (Fsp3) is 0.500. The molecule has 1 saturated heterocycles. The molecule has 1 aromatic carbocycles. The number of benzene rings is 1. The Kier molecular flexibility index (Phi) is 7.36. The number of hydrogen-bond acceptors (Lipinski definition) is 4. The maximum absolute atomic E-state index is 11.7. The highest BCUT2D eigenvalue weighted by Crippen LogP contribution is 2.26. The second kappa shape index (κ2) is 8.79. The number of halogens is 1. The van der Waals surface area contributed by atoms with Crippen LogP contribution in [0.2, 0.25) is 0 Å². The number of amides is 1. The Balaban J connectivity index is 0.00000200. The number of ether oxygens (including phenoxy) is 2. The molecule has 0 aromatic heterocycles. The summed E-state index contributed by atoms with van der Waals surface area (Å²) < 4.78 is 11.1. The summed E-state index contributed by atoms with van der Waals surface area (Å²) in [5.74, 6) is 0.684. The van der Waals surface area contributed by atoms with Gasteiger partial charge in [-0.15, -0.1) is 12.4 Å². The zero-order valence-corrected chi connectivity index (χ0v) is 12.4. The smallest absolute Gasteiger partial charge is 0.225 e. The van der Waals surface area contributed by atoms with Gasteiger partial charge in [-0.1, -0.05) is 12.1 Å². The molecule has 0 spiro atoms. The SMILES string of the molecule is CNCCC(=O)Nc1ccccc1OC1CCOC1.Cl. The standard InChI is InChI=1S/C14H20N2O3.ClH/c1-15-8-6-14(17)16-12-4-2-3-5-13(12)19-11-7-9-18-10-11;/h2-5,11,15H,6-10H2,1H3,(H,16,17);1H. The van der Waals surface area contributed by atoms with Gasteiger partial charge in [-0.05, 0) is 19.2 Å². The summed E-state index contributed by atoms with van der Waals surface area (Å²) >= 11 is 0. The highest BCUT2D eigenvalue weighted by molar-refractivity contribution is 5.92. The molecule has 2 N–H and O–H groups in total. The van der Waals surface area contributed by atoms with Crippen LogP contribution in [0.3, 0.4) is 0 Å². The topological polar surface area (TPSA) is 59.6 Å². The fourth-order valence-electron chi connectivity index (χ4n) is 1.91. The van der Waals surface area contributed by atoms with Gasteiger partial charge < -0.3 is 20.1 Å². The van der Waals surface area contributed by atoms with Crippen LogP contribution in [0.1, 0.15) is 12.8 Å². The summed E-state index contributed by atoms with van der Waals surface area (Å²) in [6, 6.07) is 7.49. The zero-order chi connectivity index (χ0) is 13.5. The van der Waals surface area contributed by atoms with E-state index in [1.807, 2.05) is 31.3 Å². The lowest BCUT2D eigenvalue weighted by molar-refractivity contribution is -0.116. The van der Waals surface area contributed by atoms with Gasteiger partial charge in [-0.25, -0.2) is 0 Å². The highest BCUT2D eigenvalue weighted by atomic mass is 35.5. The minimum atomic E-state index is -0.0203. The molecule has 1 fully saturated rings. The van der Waals surface area contributed by atoms with Crippen molar-refractivity contribution in [2.24, 2.45) is 0 Å². The number of anilines is 1. The fourth-order valence-corrected chi connectivity index (χ4v) is 1.91. The van der Waals surface area contributed by atoms with Gasteiger partial charge in [-0.3, -0.25) is 4.79 Å². The maximum Gasteiger partial charge on any atom is 0.225 e. The van der Waals surface area contributed by atoms with Crippen molar-refractivity contribution in [2.75, 3.05) is 32.1 Å². The monoisotopic (exact) mass is 300 g/mol. The van der Waals surface area contributed by atoms with E-state index in [9.17, 15) is 4.79 Å². The van der Waals surface area contributed by atoms with E-state index in [0.717, 1.165) is 18.7 Å². The first-order valence-electron chi connectivity index (χ1n) is 6.57. The largest absolute Gasteiger partial charge is 0.486 e.